The molecule has 162 valence electrons. The van der Waals surface area contributed by atoms with E-state index in [1.165, 1.54) is 0 Å². The number of hydrogen-bond donors (Lipinski definition) is 1. The van der Waals surface area contributed by atoms with Crippen LogP contribution in [-0.2, 0) is 22.7 Å². The summed E-state index contributed by atoms with van der Waals surface area (Å²) in [6.45, 7) is 6.70. The Morgan fingerprint density at radius 3 is 2.30 bits per heavy atom. The van der Waals surface area contributed by atoms with Gasteiger partial charge < -0.3 is 15.0 Å². The van der Waals surface area contributed by atoms with Crippen molar-refractivity contribution >= 4 is 11.8 Å². The van der Waals surface area contributed by atoms with Crippen molar-refractivity contribution in [1.82, 2.24) is 10.2 Å². The van der Waals surface area contributed by atoms with E-state index < -0.39 is 0 Å². The Morgan fingerprint density at radius 2 is 1.60 bits per heavy atom. The molecule has 0 aliphatic rings. The van der Waals surface area contributed by atoms with Crippen LogP contribution in [0, 0.1) is 0 Å². The van der Waals surface area contributed by atoms with Gasteiger partial charge in [-0.15, -0.1) is 0 Å². The van der Waals surface area contributed by atoms with Gasteiger partial charge in [0.2, 0.25) is 11.8 Å². The summed E-state index contributed by atoms with van der Waals surface area (Å²) in [6, 6.07) is 17.8. The van der Waals surface area contributed by atoms with E-state index in [-0.39, 0.29) is 11.8 Å². The molecule has 0 aliphatic heterocycles. The van der Waals surface area contributed by atoms with Gasteiger partial charge in [0.1, 0.15) is 12.4 Å². The van der Waals surface area contributed by atoms with Crippen LogP contribution < -0.4 is 10.1 Å². The Labute approximate surface area is 180 Å². The number of nitrogens with one attached hydrogen (secondary N) is 1. The first-order valence-electron chi connectivity index (χ1n) is 10.9. The van der Waals surface area contributed by atoms with Crippen molar-refractivity contribution in [3.8, 4) is 5.75 Å². The number of carbonyl (C=O) groups excluding carboxylic acids is 2. The average Bonchev–Trinajstić information content (AvgIpc) is 2.77. The predicted octanol–water partition coefficient (Wildman–Crippen LogP) is 4.70. The first kappa shape index (κ1) is 23.5. The van der Waals surface area contributed by atoms with Gasteiger partial charge in [0.15, 0.2) is 0 Å². The molecule has 0 radical (unpaired) electrons. The molecule has 0 atom stereocenters. The number of carbonyl (C=O) groups is 2. The van der Waals surface area contributed by atoms with Gasteiger partial charge in [0, 0.05) is 32.5 Å². The Kier molecular flexibility index (Phi) is 10.5. The molecule has 0 unspecified atom stereocenters. The number of hydrogen-bond acceptors (Lipinski definition) is 3. The molecule has 1 N–H and O–H groups in total. The summed E-state index contributed by atoms with van der Waals surface area (Å²) in [4.78, 5) is 26.3. The molecule has 0 saturated carbocycles. The quantitative estimate of drug-likeness (QED) is 0.521. The molecule has 2 aromatic rings. The maximum Gasteiger partial charge on any atom is 0.222 e. The first-order valence-corrected chi connectivity index (χ1v) is 10.9. The zero-order chi connectivity index (χ0) is 21.6. The van der Waals surface area contributed by atoms with Crippen LogP contribution in [0.1, 0.15) is 57.1 Å². The highest BCUT2D eigenvalue weighted by Gasteiger charge is 2.12. The van der Waals surface area contributed by atoms with Gasteiger partial charge in [0.25, 0.3) is 0 Å². The van der Waals surface area contributed by atoms with E-state index in [4.69, 9.17) is 4.74 Å². The zero-order valence-corrected chi connectivity index (χ0v) is 18.2. The molecule has 0 bridgehead atoms. The number of benzene rings is 2. The van der Waals surface area contributed by atoms with Crippen molar-refractivity contribution in [1.29, 1.82) is 0 Å². The molecule has 2 rings (SSSR count). The van der Waals surface area contributed by atoms with Crippen LogP contribution in [0.25, 0.3) is 0 Å². The highest BCUT2D eigenvalue weighted by Crippen LogP contribution is 2.15. The molecule has 2 aromatic carbocycles. The van der Waals surface area contributed by atoms with Crippen LogP contribution in [0.5, 0.6) is 5.75 Å². The molecule has 0 aliphatic carbocycles. The molecule has 2 amide bonds. The largest absolute Gasteiger partial charge is 0.489 e. The maximum atomic E-state index is 12.3. The van der Waals surface area contributed by atoms with Crippen molar-refractivity contribution in [3.63, 3.8) is 0 Å². The van der Waals surface area contributed by atoms with Crippen LogP contribution in [-0.4, -0.2) is 29.8 Å². The molecule has 0 heterocycles. The predicted molar refractivity (Wildman–Crippen MR) is 120 cm³/mol. The molecule has 0 spiro atoms. The second-order valence-corrected chi connectivity index (χ2v) is 7.43. The maximum absolute atomic E-state index is 12.3. The van der Waals surface area contributed by atoms with Gasteiger partial charge in [-0.3, -0.25) is 9.59 Å². The van der Waals surface area contributed by atoms with E-state index in [1.54, 1.807) is 0 Å². The highest BCUT2D eigenvalue weighted by molar-refractivity contribution is 5.79. The Hall–Kier alpha value is -2.82. The molecule has 0 aromatic heterocycles. The van der Waals surface area contributed by atoms with Gasteiger partial charge >= 0.3 is 0 Å². The molecule has 5 nitrogen and oxygen atoms in total. The molecular formula is C25H34N2O3. The number of amides is 2. The molecule has 0 fully saturated rings. The van der Waals surface area contributed by atoms with Gasteiger partial charge in [-0.1, -0.05) is 56.3 Å². The zero-order valence-electron chi connectivity index (χ0n) is 18.2. The second kappa shape index (κ2) is 13.4. The second-order valence-electron chi connectivity index (χ2n) is 7.43. The normalized spacial score (nSPS) is 10.5. The van der Waals surface area contributed by atoms with Gasteiger partial charge in [-0.25, -0.2) is 0 Å². The molecular weight excluding hydrogens is 376 g/mol. The summed E-state index contributed by atoms with van der Waals surface area (Å²) < 4.78 is 5.84. The minimum absolute atomic E-state index is 0.0315. The fourth-order valence-corrected chi connectivity index (χ4v) is 3.23. The number of nitrogens with zero attached hydrogens (tertiary/aromatic N) is 1. The standard InChI is InChI=1S/C25H34N2O3/c1-3-16-27(17-4-2)25(29)15-9-14-24(28)26-19-22-12-8-13-23(18-22)30-20-21-10-6-5-7-11-21/h5-8,10-13,18H,3-4,9,14-17,19-20H2,1-2H3,(H,26,28). The summed E-state index contributed by atoms with van der Waals surface area (Å²) in [6.07, 6.45) is 3.29. The van der Waals surface area contributed by atoms with Crippen LogP contribution in [0.2, 0.25) is 0 Å². The summed E-state index contributed by atoms with van der Waals surface area (Å²) in [5.74, 6) is 0.897. The van der Waals surface area contributed by atoms with Gasteiger partial charge in [-0.05, 0) is 42.5 Å². The van der Waals surface area contributed by atoms with Crippen molar-refractivity contribution in [3.05, 3.63) is 65.7 Å². The summed E-state index contributed by atoms with van der Waals surface area (Å²) in [5, 5.41) is 2.93. The van der Waals surface area contributed by atoms with Crippen molar-refractivity contribution < 1.29 is 14.3 Å². The number of ether oxygens (including phenoxy) is 1. The fraction of sp³-hybridized carbons (Fsp3) is 0.440. The van der Waals surface area contributed by atoms with E-state index in [2.05, 4.69) is 19.2 Å². The minimum Gasteiger partial charge on any atom is -0.489 e. The lowest BCUT2D eigenvalue weighted by Gasteiger charge is -2.21. The third kappa shape index (κ3) is 8.68. The van der Waals surface area contributed by atoms with Crippen LogP contribution >= 0.6 is 0 Å². The van der Waals surface area contributed by atoms with Gasteiger partial charge in [0.05, 0.1) is 0 Å². The molecule has 30 heavy (non-hydrogen) atoms. The highest BCUT2D eigenvalue weighted by atomic mass is 16.5. The third-order valence-electron chi connectivity index (χ3n) is 4.77. The van der Waals surface area contributed by atoms with E-state index in [9.17, 15) is 9.59 Å². The first-order chi connectivity index (χ1) is 14.6. The summed E-state index contributed by atoms with van der Waals surface area (Å²) >= 11 is 0. The minimum atomic E-state index is -0.0315. The van der Waals surface area contributed by atoms with Crippen LogP contribution in [0.15, 0.2) is 54.6 Å². The van der Waals surface area contributed by atoms with Crippen LogP contribution in [0.4, 0.5) is 0 Å². The van der Waals surface area contributed by atoms with Crippen molar-refractivity contribution in [2.45, 2.75) is 59.1 Å². The Bertz CT molecular complexity index is 771. The lowest BCUT2D eigenvalue weighted by Crippen LogP contribution is -2.32. The third-order valence-corrected chi connectivity index (χ3v) is 4.77. The Balaban J connectivity index is 1.71. The molecule has 5 heteroatoms. The SMILES string of the molecule is CCCN(CCC)C(=O)CCCC(=O)NCc1cccc(OCc2ccccc2)c1. The Morgan fingerprint density at radius 1 is 0.900 bits per heavy atom. The average molecular weight is 411 g/mol. The topological polar surface area (TPSA) is 58.6 Å². The monoisotopic (exact) mass is 410 g/mol. The fourth-order valence-electron chi connectivity index (χ4n) is 3.23. The lowest BCUT2D eigenvalue weighted by atomic mass is 10.2. The summed E-state index contributed by atoms with van der Waals surface area (Å²) in [7, 11) is 0. The van der Waals surface area contributed by atoms with E-state index >= 15 is 0 Å². The van der Waals surface area contributed by atoms with E-state index in [0.717, 1.165) is 42.8 Å². The number of rotatable bonds is 13. The smallest absolute Gasteiger partial charge is 0.222 e. The van der Waals surface area contributed by atoms with E-state index in [0.29, 0.717) is 32.4 Å². The van der Waals surface area contributed by atoms with Gasteiger partial charge in [-0.2, -0.15) is 0 Å². The van der Waals surface area contributed by atoms with Crippen LogP contribution in [0.3, 0.4) is 0 Å². The summed E-state index contributed by atoms with van der Waals surface area (Å²) in [5.41, 5.74) is 2.10. The molecule has 0 saturated heterocycles. The van der Waals surface area contributed by atoms with Crippen molar-refractivity contribution in [2.24, 2.45) is 0 Å². The van der Waals surface area contributed by atoms with Crippen molar-refractivity contribution in [2.75, 3.05) is 13.1 Å². The van der Waals surface area contributed by atoms with E-state index in [1.807, 2.05) is 59.5 Å². The lowest BCUT2D eigenvalue weighted by molar-refractivity contribution is -0.131.